The fraction of sp³-hybridized carbons (Fsp3) is 0.606. The fourth-order valence-electron chi connectivity index (χ4n) is 5.47. The van der Waals surface area contributed by atoms with Crippen molar-refractivity contribution < 1.29 is 41.4 Å². The number of ether oxygens (including phenoxy) is 3. The van der Waals surface area contributed by atoms with E-state index in [1.54, 1.807) is 25.7 Å². The molecule has 0 saturated carbocycles. The summed E-state index contributed by atoms with van der Waals surface area (Å²) in [5, 5.41) is 2.84. The second-order valence-corrected chi connectivity index (χ2v) is 14.2. The molecule has 50 heavy (non-hydrogen) atoms. The first-order chi connectivity index (χ1) is 23.2. The van der Waals surface area contributed by atoms with Crippen molar-refractivity contribution in [2.45, 2.75) is 96.7 Å². The summed E-state index contributed by atoms with van der Waals surface area (Å²) < 4.78 is 73.0. The van der Waals surface area contributed by atoms with Crippen LogP contribution in [0.1, 0.15) is 72.8 Å². The van der Waals surface area contributed by atoms with E-state index in [4.69, 9.17) is 19.9 Å². The number of pyridine rings is 1. The smallest absolute Gasteiger partial charge is 0.425 e. The minimum Gasteiger partial charge on any atom is -0.480 e. The minimum atomic E-state index is -4.84. The predicted octanol–water partition coefficient (Wildman–Crippen LogP) is 6.11. The van der Waals surface area contributed by atoms with Gasteiger partial charge in [-0.1, -0.05) is 0 Å². The van der Waals surface area contributed by atoms with Gasteiger partial charge in [-0.15, -0.1) is 0 Å². The Morgan fingerprint density at radius 1 is 0.920 bits per heavy atom. The maximum absolute atomic E-state index is 14.1. The highest BCUT2D eigenvalue weighted by molar-refractivity contribution is 5.69. The monoisotopic (exact) mass is 710 g/mol. The third kappa shape index (κ3) is 10.3. The van der Waals surface area contributed by atoms with Crippen molar-refractivity contribution in [3.63, 3.8) is 0 Å². The Bertz CT molecular complexity index is 1650. The molecule has 17 heteroatoms. The van der Waals surface area contributed by atoms with Crippen molar-refractivity contribution in [1.29, 1.82) is 0 Å². The van der Waals surface area contributed by atoms with E-state index in [9.17, 15) is 27.2 Å². The summed E-state index contributed by atoms with van der Waals surface area (Å²) in [5.74, 6) is -1.91. The highest BCUT2D eigenvalue weighted by Gasteiger charge is 2.41. The van der Waals surface area contributed by atoms with E-state index in [0.717, 1.165) is 32.7 Å². The molecule has 3 N–H and O–H groups in total. The molecule has 5 heterocycles. The molecule has 0 aromatic carbocycles. The van der Waals surface area contributed by atoms with Crippen LogP contribution in [0.2, 0.25) is 0 Å². The number of amides is 2. The number of nitrogens with zero attached hydrogens (tertiary/aromatic N) is 6. The Morgan fingerprint density at radius 2 is 1.52 bits per heavy atom. The molecule has 0 unspecified atom stereocenters. The zero-order chi connectivity index (χ0) is 37.0. The summed E-state index contributed by atoms with van der Waals surface area (Å²) in [6.07, 6.45) is -0.120. The zero-order valence-corrected chi connectivity index (χ0v) is 29.4. The number of hydrogen-bond acceptors (Lipinski definition) is 10. The number of likely N-dealkylation sites (tertiary alicyclic amines) is 2. The molecule has 3 aromatic rings. The van der Waals surface area contributed by atoms with Crippen molar-refractivity contribution in [1.82, 2.24) is 29.2 Å². The topological polar surface area (TPSA) is 149 Å². The van der Waals surface area contributed by atoms with Crippen molar-refractivity contribution in [3.8, 4) is 17.4 Å². The summed E-state index contributed by atoms with van der Waals surface area (Å²) in [6, 6.07) is 2.20. The molecule has 2 amide bonds. The summed E-state index contributed by atoms with van der Waals surface area (Å²) in [5.41, 5.74) is 4.02. The van der Waals surface area contributed by atoms with E-state index >= 15 is 0 Å². The van der Waals surface area contributed by atoms with Crippen LogP contribution in [0.5, 0.6) is 5.88 Å². The van der Waals surface area contributed by atoms with E-state index in [1.807, 2.05) is 20.8 Å². The average molecular weight is 711 g/mol. The lowest BCUT2D eigenvalue weighted by Crippen LogP contribution is -2.47. The first-order valence-electron chi connectivity index (χ1n) is 16.4. The van der Waals surface area contributed by atoms with Gasteiger partial charge in [0, 0.05) is 44.5 Å². The SMILES string of the molecule is CC(C)(C)OC(=O)N1CCC[C@@H](N)C1.COc1nc(-c2cnc3ccc(F)cn23)nc(N[C@@H]2CCCN(C(=O)OC(C)(C)C)C2)c1C(F)(F)F. The molecular formula is C33H46F4N8O5. The van der Waals surface area contributed by atoms with Crippen molar-refractivity contribution >= 4 is 23.7 Å². The Kier molecular flexibility index (Phi) is 11.7. The lowest BCUT2D eigenvalue weighted by Gasteiger charge is -2.35. The Hall–Kier alpha value is -4.41. The van der Waals surface area contributed by atoms with Crippen molar-refractivity contribution in [2.75, 3.05) is 38.6 Å². The average Bonchev–Trinajstić information content (AvgIpc) is 3.42. The van der Waals surface area contributed by atoms with Gasteiger partial charge >= 0.3 is 18.4 Å². The minimum absolute atomic E-state index is 0.108. The van der Waals surface area contributed by atoms with Gasteiger partial charge in [0.25, 0.3) is 0 Å². The van der Waals surface area contributed by atoms with Gasteiger partial charge in [0.15, 0.2) is 11.4 Å². The van der Waals surface area contributed by atoms with E-state index in [1.165, 1.54) is 27.6 Å². The Labute approximate surface area is 288 Å². The largest absolute Gasteiger partial charge is 0.480 e. The summed E-state index contributed by atoms with van der Waals surface area (Å²) in [7, 11) is 1.07. The number of nitrogens with one attached hydrogen (secondary N) is 1. The third-order valence-corrected chi connectivity index (χ3v) is 7.57. The second kappa shape index (κ2) is 15.2. The summed E-state index contributed by atoms with van der Waals surface area (Å²) in [6.45, 7) is 12.7. The molecule has 2 aliphatic heterocycles. The van der Waals surface area contributed by atoms with Gasteiger partial charge in [0.1, 0.15) is 34.2 Å². The molecule has 13 nitrogen and oxygen atoms in total. The lowest BCUT2D eigenvalue weighted by atomic mass is 10.1. The molecule has 5 rings (SSSR count). The van der Waals surface area contributed by atoms with Crippen LogP contribution in [-0.4, -0.2) is 97.9 Å². The van der Waals surface area contributed by atoms with Crippen LogP contribution in [0.25, 0.3) is 17.2 Å². The molecule has 0 radical (unpaired) electrons. The molecule has 2 atom stereocenters. The number of alkyl halides is 3. The highest BCUT2D eigenvalue weighted by Crippen LogP contribution is 2.41. The molecule has 3 aromatic heterocycles. The number of hydrogen-bond donors (Lipinski definition) is 2. The van der Waals surface area contributed by atoms with Crippen molar-refractivity contribution in [3.05, 3.63) is 35.9 Å². The van der Waals surface area contributed by atoms with Crippen LogP contribution in [0.4, 0.5) is 33.0 Å². The first-order valence-corrected chi connectivity index (χ1v) is 16.4. The van der Waals surface area contributed by atoms with E-state index in [-0.39, 0.29) is 30.2 Å². The number of aromatic nitrogens is 4. The molecule has 0 aliphatic carbocycles. The first kappa shape index (κ1) is 38.4. The molecular weight excluding hydrogens is 664 g/mol. The molecule has 2 fully saturated rings. The number of carbonyl (C=O) groups is 2. The quantitative estimate of drug-likeness (QED) is 0.304. The van der Waals surface area contributed by atoms with Crippen LogP contribution in [0.15, 0.2) is 24.5 Å². The molecule has 0 spiro atoms. The standard InChI is InChI=1S/C23H26F4N6O3.C10H20N2O2/c1-22(2,3)36-21(34)32-9-5-6-14(12-32)29-19-17(23(25,26)27)20(35-4)31-18(30-19)15-10-28-16-8-7-13(24)11-33(15)16;1-10(2,3)14-9(13)12-6-4-5-8(11)7-12/h7-8,10-11,14H,5-6,9,12H2,1-4H3,(H,29,30,31);8H,4-7,11H2,1-3H3/t14-;8-/m11/s1. The maximum Gasteiger partial charge on any atom is 0.425 e. The number of methoxy groups -OCH3 is 1. The van der Waals surface area contributed by atoms with E-state index < -0.39 is 52.6 Å². The van der Waals surface area contributed by atoms with Crippen LogP contribution in [0.3, 0.4) is 0 Å². The highest BCUT2D eigenvalue weighted by atomic mass is 19.4. The Morgan fingerprint density at radius 3 is 2.08 bits per heavy atom. The van der Waals surface area contributed by atoms with Crippen LogP contribution in [-0.2, 0) is 15.7 Å². The van der Waals surface area contributed by atoms with Gasteiger partial charge in [-0.05, 0) is 79.4 Å². The van der Waals surface area contributed by atoms with Gasteiger partial charge in [-0.3, -0.25) is 4.40 Å². The number of carbonyl (C=O) groups excluding carboxylic acids is 2. The third-order valence-electron chi connectivity index (χ3n) is 7.57. The number of rotatable bonds is 4. The maximum atomic E-state index is 14.1. The number of nitrogens with two attached hydrogens (primary N) is 1. The van der Waals surface area contributed by atoms with Crippen LogP contribution < -0.4 is 15.8 Å². The second-order valence-electron chi connectivity index (χ2n) is 14.2. The zero-order valence-electron chi connectivity index (χ0n) is 29.4. The number of anilines is 1. The Balaban J connectivity index is 0.000000337. The number of halogens is 4. The summed E-state index contributed by atoms with van der Waals surface area (Å²) >= 11 is 0. The fourth-order valence-corrected chi connectivity index (χ4v) is 5.47. The number of fused-ring (bicyclic) bond motifs is 1. The normalized spacial score (nSPS) is 18.6. The molecule has 2 saturated heterocycles. The van der Waals surface area contributed by atoms with Gasteiger partial charge in [0.05, 0.1) is 13.3 Å². The van der Waals surface area contributed by atoms with Crippen LogP contribution in [0, 0.1) is 5.82 Å². The molecule has 0 bridgehead atoms. The van der Waals surface area contributed by atoms with Gasteiger partial charge in [-0.2, -0.15) is 18.2 Å². The van der Waals surface area contributed by atoms with Gasteiger partial charge < -0.3 is 35.1 Å². The molecule has 276 valence electrons. The van der Waals surface area contributed by atoms with Crippen LogP contribution >= 0.6 is 0 Å². The lowest BCUT2D eigenvalue weighted by molar-refractivity contribution is -0.138. The van der Waals surface area contributed by atoms with Crippen molar-refractivity contribution in [2.24, 2.45) is 5.73 Å². The predicted molar refractivity (Wildman–Crippen MR) is 177 cm³/mol. The number of piperidine rings is 2. The summed E-state index contributed by atoms with van der Waals surface area (Å²) in [4.78, 5) is 39.5. The number of imidazole rings is 1. The molecule has 2 aliphatic rings. The van der Waals surface area contributed by atoms with E-state index in [0.29, 0.717) is 31.6 Å². The van der Waals surface area contributed by atoms with Gasteiger partial charge in [0.2, 0.25) is 5.88 Å². The van der Waals surface area contributed by atoms with Gasteiger partial charge in [-0.25, -0.2) is 23.9 Å². The van der Waals surface area contributed by atoms with E-state index in [2.05, 4.69) is 20.3 Å².